The minimum absolute atomic E-state index is 0. The predicted molar refractivity (Wildman–Crippen MR) is 158 cm³/mol. The molecule has 0 saturated heterocycles. The number of carboxylic acids is 1. The molecule has 0 aliphatic rings. The van der Waals surface area contributed by atoms with Crippen LogP contribution in [0.5, 0.6) is 11.5 Å². The summed E-state index contributed by atoms with van der Waals surface area (Å²) >= 11 is 0. The molecule has 6 rings (SSSR count). The van der Waals surface area contributed by atoms with Crippen molar-refractivity contribution in [1.82, 2.24) is 29.2 Å². The van der Waals surface area contributed by atoms with E-state index in [0.717, 1.165) is 11.1 Å². The standard InChI is InChI=1S/C16H15N3O3.C14H11N3O3.Li.2H2O/c1-3-22-16(20)12-8-9-17-19-10-13(18-15(12)19)11-6-4-5-7-14(11)21-2;1-20-12-5-3-2-4-9(12)11-8-17-13(16-11)10(14(18)19)6-7-15-17;;;/h4-10H,3H2,1-2H3;2-8H,1H3,(H,18,19);;2*1H2/q;;+1;;/p-1. The van der Waals surface area contributed by atoms with Gasteiger partial charge in [0, 0.05) is 23.5 Å². The number of carbonyl (C=O) groups excluding carboxylic acids is 1. The molecule has 0 fully saturated rings. The fourth-order valence-electron chi connectivity index (χ4n) is 4.30. The summed E-state index contributed by atoms with van der Waals surface area (Å²) in [4.78, 5) is 32.0. The number of hydrogen-bond donors (Lipinski definition) is 1. The van der Waals surface area contributed by atoms with Gasteiger partial charge in [-0.1, -0.05) is 24.3 Å². The van der Waals surface area contributed by atoms with Crippen LogP contribution in [0.25, 0.3) is 33.8 Å². The van der Waals surface area contributed by atoms with Gasteiger partial charge in [0.15, 0.2) is 11.3 Å². The van der Waals surface area contributed by atoms with E-state index in [4.69, 9.17) is 19.3 Å². The van der Waals surface area contributed by atoms with E-state index in [-0.39, 0.29) is 35.4 Å². The van der Waals surface area contributed by atoms with Crippen LogP contribution in [0.4, 0.5) is 0 Å². The van der Waals surface area contributed by atoms with E-state index < -0.39 is 11.9 Å². The van der Waals surface area contributed by atoms with Crippen LogP contribution in [0, 0.1) is 0 Å². The average molecular weight is 609 g/mol. The fraction of sp³-hybridized carbons (Fsp3) is 0.133. The van der Waals surface area contributed by atoms with Gasteiger partial charge in [0.25, 0.3) is 0 Å². The number of aromatic carboxylic acids is 1. The first-order valence-electron chi connectivity index (χ1n) is 12.8. The largest absolute Gasteiger partial charge is 1.00 e. The molecule has 45 heavy (non-hydrogen) atoms. The Balaban J connectivity index is 0.000000295. The van der Waals surface area contributed by atoms with Gasteiger partial charge in [-0.2, -0.15) is 10.2 Å². The van der Waals surface area contributed by atoms with Gasteiger partial charge in [0.2, 0.25) is 0 Å². The molecule has 6 aromatic rings. The number of carboxylic acid groups (broad SMARTS) is 1. The van der Waals surface area contributed by atoms with E-state index >= 15 is 0 Å². The van der Waals surface area contributed by atoms with Crippen molar-refractivity contribution in [3.8, 4) is 34.0 Å². The van der Waals surface area contributed by atoms with E-state index in [2.05, 4.69) is 20.2 Å². The van der Waals surface area contributed by atoms with Crippen molar-refractivity contribution in [1.29, 1.82) is 0 Å². The molecular formula is C30H29LiN6O8. The van der Waals surface area contributed by atoms with Crippen molar-refractivity contribution in [2.24, 2.45) is 0 Å². The molecule has 0 radical (unpaired) electrons. The van der Waals surface area contributed by atoms with Crippen LogP contribution in [0.15, 0.2) is 85.5 Å². The summed E-state index contributed by atoms with van der Waals surface area (Å²) in [6.07, 6.45) is 6.42. The molecule has 0 amide bonds. The van der Waals surface area contributed by atoms with Crippen molar-refractivity contribution in [2.45, 2.75) is 6.92 Å². The monoisotopic (exact) mass is 608 g/mol. The summed E-state index contributed by atoms with van der Waals surface area (Å²) in [5, 5.41) is 17.4. The van der Waals surface area contributed by atoms with Crippen molar-refractivity contribution in [2.75, 3.05) is 20.8 Å². The third-order valence-corrected chi connectivity index (χ3v) is 6.21. The molecule has 0 bridgehead atoms. The van der Waals surface area contributed by atoms with Gasteiger partial charge in [0.05, 0.1) is 44.6 Å². The smallest absolute Gasteiger partial charge is 0.870 e. The molecule has 0 saturated carbocycles. The molecule has 14 nitrogen and oxygen atoms in total. The van der Waals surface area contributed by atoms with Crippen LogP contribution in [0.3, 0.4) is 0 Å². The third kappa shape index (κ3) is 7.46. The van der Waals surface area contributed by atoms with Crippen LogP contribution in [0.2, 0.25) is 0 Å². The first kappa shape index (κ1) is 35.9. The zero-order chi connectivity index (χ0) is 29.6. The quantitative estimate of drug-likeness (QED) is 0.197. The number of carbonyl (C=O) groups is 2. The number of nitrogens with zero attached hydrogens (tertiary/aromatic N) is 6. The average Bonchev–Trinajstić information content (AvgIpc) is 3.66. The van der Waals surface area contributed by atoms with Crippen molar-refractivity contribution in [3.63, 3.8) is 0 Å². The Hall–Kier alpha value is -5.26. The van der Waals surface area contributed by atoms with E-state index in [1.165, 1.54) is 16.8 Å². The number of aromatic nitrogens is 6. The van der Waals surface area contributed by atoms with Gasteiger partial charge in [-0.05, 0) is 43.3 Å². The molecule has 15 heteroatoms. The van der Waals surface area contributed by atoms with Crippen LogP contribution < -0.4 is 28.3 Å². The summed E-state index contributed by atoms with van der Waals surface area (Å²) in [5.74, 6) is -0.0574. The fourth-order valence-corrected chi connectivity index (χ4v) is 4.30. The van der Waals surface area contributed by atoms with Gasteiger partial charge in [-0.15, -0.1) is 0 Å². The molecule has 0 spiro atoms. The second kappa shape index (κ2) is 16.0. The molecular weight excluding hydrogens is 579 g/mol. The minimum atomic E-state index is -1.03. The summed E-state index contributed by atoms with van der Waals surface area (Å²) < 4.78 is 18.7. The van der Waals surface area contributed by atoms with Gasteiger partial charge in [-0.3, -0.25) is 0 Å². The van der Waals surface area contributed by atoms with E-state index in [1.807, 2.05) is 48.5 Å². The maximum Gasteiger partial charge on any atom is 1.00 e. The Kier molecular flexibility index (Phi) is 12.8. The number of hydrogen-bond acceptors (Lipinski definition) is 10. The number of esters is 1. The Bertz CT molecular complexity index is 1910. The van der Waals surface area contributed by atoms with E-state index in [1.54, 1.807) is 50.3 Å². The van der Waals surface area contributed by atoms with Crippen molar-refractivity contribution < 1.29 is 58.7 Å². The minimum Gasteiger partial charge on any atom is -0.870 e. The summed E-state index contributed by atoms with van der Waals surface area (Å²) in [7, 11) is 3.19. The molecule has 0 aliphatic heterocycles. The maximum atomic E-state index is 12.0. The Labute approximate surface area is 269 Å². The number of imidazole rings is 2. The Morgan fingerprint density at radius 1 is 0.756 bits per heavy atom. The number of fused-ring (bicyclic) bond motifs is 2. The zero-order valence-corrected chi connectivity index (χ0v) is 24.9. The molecule has 2 aromatic carbocycles. The van der Waals surface area contributed by atoms with Gasteiger partial charge >= 0.3 is 30.8 Å². The normalized spacial score (nSPS) is 9.93. The third-order valence-electron chi connectivity index (χ3n) is 6.21. The van der Waals surface area contributed by atoms with Gasteiger partial charge < -0.3 is 30.3 Å². The summed E-state index contributed by atoms with van der Waals surface area (Å²) in [5.41, 5.74) is 4.19. The number of benzene rings is 2. The molecule has 0 unspecified atom stereocenters. The predicted octanol–water partition coefficient (Wildman–Crippen LogP) is 0.687. The summed E-state index contributed by atoms with van der Waals surface area (Å²) in [6.45, 7) is 2.08. The maximum absolute atomic E-state index is 12.0. The van der Waals surface area contributed by atoms with Gasteiger partial charge in [0.1, 0.15) is 22.6 Å². The Morgan fingerprint density at radius 2 is 1.20 bits per heavy atom. The molecule has 0 aliphatic carbocycles. The Morgan fingerprint density at radius 3 is 1.64 bits per heavy atom. The molecule has 4 heterocycles. The van der Waals surface area contributed by atoms with E-state index in [9.17, 15) is 9.59 Å². The second-order valence-electron chi connectivity index (χ2n) is 8.70. The zero-order valence-electron chi connectivity index (χ0n) is 24.9. The SMILES string of the molecule is CCOC(=O)c1ccnn2cc(-c3ccccc3OC)nc12.COc1ccccc1-c1cn2nccc(C(=O)O)c2n1.O.[Li+].[OH-]. The topological polar surface area (TPSA) is 204 Å². The van der Waals surface area contributed by atoms with Crippen molar-refractivity contribution in [3.05, 3.63) is 96.6 Å². The number of ether oxygens (including phenoxy) is 3. The van der Waals surface area contributed by atoms with Crippen LogP contribution in [-0.2, 0) is 4.74 Å². The number of para-hydroxylation sites is 2. The first-order valence-corrected chi connectivity index (χ1v) is 12.8. The van der Waals surface area contributed by atoms with Crippen molar-refractivity contribution >= 4 is 23.2 Å². The molecule has 0 atom stereocenters. The number of methoxy groups -OCH3 is 2. The van der Waals surface area contributed by atoms with Crippen LogP contribution in [0.1, 0.15) is 27.6 Å². The second-order valence-corrected chi connectivity index (χ2v) is 8.70. The molecule has 4 N–H and O–H groups in total. The van der Waals surface area contributed by atoms with Gasteiger partial charge in [-0.25, -0.2) is 28.6 Å². The first-order chi connectivity index (χ1) is 20.4. The van der Waals surface area contributed by atoms with Crippen LogP contribution in [-0.4, -0.2) is 78.0 Å². The van der Waals surface area contributed by atoms with Crippen LogP contribution >= 0.6 is 0 Å². The number of rotatable bonds is 7. The van der Waals surface area contributed by atoms with E-state index in [0.29, 0.717) is 46.4 Å². The molecule has 228 valence electrons. The molecule has 4 aromatic heterocycles. The summed E-state index contributed by atoms with van der Waals surface area (Å²) in [6, 6.07) is 18.0.